The second-order valence-corrected chi connectivity index (χ2v) is 9.16. The number of hydrogen-bond acceptors (Lipinski definition) is 11. The Bertz CT molecular complexity index is 1480. The van der Waals surface area contributed by atoms with Gasteiger partial charge in [0.1, 0.15) is 10.6 Å². The minimum Gasteiger partial charge on any atom is -0.476 e. The molecule has 0 spiro atoms. The van der Waals surface area contributed by atoms with Crippen LogP contribution < -0.4 is 10.4 Å². The number of carboxylic acids is 1. The van der Waals surface area contributed by atoms with Crippen LogP contribution in [-0.4, -0.2) is 54.4 Å². The lowest BCUT2D eigenvalue weighted by Gasteiger charge is -2.15. The summed E-state index contributed by atoms with van der Waals surface area (Å²) in [5.74, 6) is -4.98. The molecule has 0 aromatic heterocycles. The third kappa shape index (κ3) is 4.38. The Kier molecular flexibility index (Phi) is 5.69. The van der Waals surface area contributed by atoms with Gasteiger partial charge in [-0.05, 0) is 35.4 Å². The topological polar surface area (TPSA) is 243 Å². The molecular formula is C16H12N5O10S2+. The van der Waals surface area contributed by atoms with Crippen LogP contribution in [0.3, 0.4) is 0 Å². The van der Waals surface area contributed by atoms with Crippen molar-refractivity contribution in [2.45, 2.75) is 9.79 Å². The normalized spacial score (nSPS) is 19.2. The van der Waals surface area contributed by atoms with Crippen molar-refractivity contribution in [1.82, 2.24) is 4.70 Å². The summed E-state index contributed by atoms with van der Waals surface area (Å²) in [5, 5.41) is 19.8. The van der Waals surface area contributed by atoms with Crippen molar-refractivity contribution in [2.24, 2.45) is 15.4 Å². The summed E-state index contributed by atoms with van der Waals surface area (Å²) in [4.78, 5) is 34.8. The Morgan fingerprint density at radius 1 is 0.970 bits per heavy atom. The number of rotatable bonds is 6. The van der Waals surface area contributed by atoms with E-state index in [0.29, 0.717) is 0 Å². The zero-order valence-electron chi connectivity index (χ0n) is 15.9. The molecule has 0 saturated heterocycles. The van der Waals surface area contributed by atoms with Gasteiger partial charge in [0, 0.05) is 22.5 Å². The maximum Gasteiger partial charge on any atom is 0.448 e. The first-order chi connectivity index (χ1) is 15.2. The van der Waals surface area contributed by atoms with Crippen molar-refractivity contribution < 1.29 is 45.4 Å². The summed E-state index contributed by atoms with van der Waals surface area (Å²) < 4.78 is 62.5. The highest BCUT2D eigenvalue weighted by Crippen LogP contribution is 2.34. The van der Waals surface area contributed by atoms with E-state index in [1.807, 2.05) is 0 Å². The summed E-state index contributed by atoms with van der Waals surface area (Å²) in [6.07, 6.45) is 0. The lowest BCUT2D eigenvalue weighted by Crippen LogP contribution is -2.43. The molecule has 5 N–H and O–H groups in total. The van der Waals surface area contributed by atoms with Gasteiger partial charge in [0.15, 0.2) is 5.69 Å². The first-order valence-corrected chi connectivity index (χ1v) is 11.2. The van der Waals surface area contributed by atoms with Crippen molar-refractivity contribution in [2.75, 3.05) is 5.73 Å². The second-order valence-electron chi connectivity index (χ2n) is 6.35. The van der Waals surface area contributed by atoms with E-state index in [1.165, 1.54) is 6.07 Å². The monoisotopic (exact) mass is 498 g/mol. The highest BCUT2D eigenvalue weighted by Gasteiger charge is 2.57. The van der Waals surface area contributed by atoms with Crippen molar-refractivity contribution >= 4 is 60.7 Å². The predicted octanol–water partition coefficient (Wildman–Crippen LogP) is 0.318. The molecule has 0 radical (unpaired) electrons. The molecule has 172 valence electrons. The SMILES string of the molecule is Nc1ccc(N=N[N+]2(c3ccc(S(=O)(=O)O)cc3)N=C(C(=O)O)C(=O)C2=O)c(S(=O)(=O)O)c1. The van der Waals surface area contributed by atoms with Gasteiger partial charge in [0.05, 0.1) is 10.1 Å². The summed E-state index contributed by atoms with van der Waals surface area (Å²) in [6, 6.07) is 6.44. The minimum atomic E-state index is -4.87. The number of carbonyl (C=O) groups excluding carboxylic acids is 2. The number of quaternary nitrogens is 1. The van der Waals surface area contributed by atoms with Gasteiger partial charge in [-0.15, -0.1) is 0 Å². The molecule has 2 aromatic rings. The van der Waals surface area contributed by atoms with Crippen molar-refractivity contribution in [3.05, 3.63) is 42.5 Å². The van der Waals surface area contributed by atoms with Crippen molar-refractivity contribution in [3.63, 3.8) is 0 Å². The number of carbonyl (C=O) groups is 3. The number of nitrogen functional groups attached to an aromatic ring is 1. The van der Waals surface area contributed by atoms with Crippen LogP contribution in [0.2, 0.25) is 0 Å². The van der Waals surface area contributed by atoms with Gasteiger partial charge in [-0.3, -0.25) is 13.9 Å². The standard InChI is InChI=1S/C16H11N5O10S2/c17-8-1-6-11(12(7-8)33(29,30)31)18-20-21(15(23)14(22)13(19-21)16(24)25)9-2-4-10(5-3-9)32(26,27)28/h1-7H,(H4-,17,20,24,25,26,27,28,29,30,31)/p+1. The summed E-state index contributed by atoms with van der Waals surface area (Å²) in [6.45, 7) is 0. The number of hydrogen-bond donors (Lipinski definition) is 4. The van der Waals surface area contributed by atoms with E-state index in [9.17, 15) is 40.9 Å². The van der Waals surface area contributed by atoms with Crippen LogP contribution in [0.15, 0.2) is 67.7 Å². The van der Waals surface area contributed by atoms with Gasteiger partial charge in [-0.1, -0.05) is 5.11 Å². The predicted molar refractivity (Wildman–Crippen MR) is 108 cm³/mol. The molecule has 3 rings (SSSR count). The molecule has 0 aliphatic carbocycles. The quantitative estimate of drug-likeness (QED) is 0.139. The van der Waals surface area contributed by atoms with Crippen molar-refractivity contribution in [3.8, 4) is 0 Å². The van der Waals surface area contributed by atoms with Crippen LogP contribution in [0.4, 0.5) is 17.1 Å². The van der Waals surface area contributed by atoms with Gasteiger partial charge in [-0.2, -0.15) is 16.8 Å². The Balaban J connectivity index is 2.26. The van der Waals surface area contributed by atoms with Gasteiger partial charge >= 0.3 is 17.7 Å². The fraction of sp³-hybridized carbons (Fsp3) is 0. The highest BCUT2D eigenvalue weighted by molar-refractivity contribution is 7.86. The van der Waals surface area contributed by atoms with Crippen LogP contribution in [-0.2, 0) is 34.6 Å². The maximum absolute atomic E-state index is 12.7. The smallest absolute Gasteiger partial charge is 0.448 e. The first kappa shape index (κ1) is 23.8. The number of nitrogens with zero attached hydrogens (tertiary/aromatic N) is 4. The lowest BCUT2D eigenvalue weighted by molar-refractivity contribution is -0.140. The van der Waals surface area contributed by atoms with Gasteiger partial charge in [0.25, 0.3) is 25.9 Å². The molecule has 0 bridgehead atoms. The number of benzene rings is 2. The van der Waals surface area contributed by atoms with Crippen LogP contribution in [0.25, 0.3) is 0 Å². The molecule has 2 aromatic carbocycles. The fourth-order valence-electron chi connectivity index (χ4n) is 2.66. The number of amides is 1. The molecule has 15 nitrogen and oxygen atoms in total. The molecule has 1 unspecified atom stereocenters. The van der Waals surface area contributed by atoms with E-state index >= 15 is 0 Å². The Morgan fingerprint density at radius 3 is 2.06 bits per heavy atom. The van der Waals surface area contributed by atoms with E-state index < -0.39 is 63.8 Å². The molecule has 0 saturated carbocycles. The highest BCUT2D eigenvalue weighted by atomic mass is 32.2. The average molecular weight is 498 g/mol. The van der Waals surface area contributed by atoms with Gasteiger partial charge in [0.2, 0.25) is 0 Å². The maximum atomic E-state index is 12.7. The van der Waals surface area contributed by atoms with E-state index in [4.69, 9.17) is 10.3 Å². The lowest BCUT2D eigenvalue weighted by atomic mass is 10.2. The van der Waals surface area contributed by atoms with Gasteiger partial charge in [-0.25, -0.2) is 9.59 Å². The third-order valence-electron chi connectivity index (χ3n) is 4.18. The first-order valence-electron chi connectivity index (χ1n) is 8.37. The number of aliphatic carboxylic acids is 1. The third-order valence-corrected chi connectivity index (χ3v) is 5.93. The molecule has 33 heavy (non-hydrogen) atoms. The summed E-state index contributed by atoms with van der Waals surface area (Å²) in [7, 11) is -9.52. The Labute approximate surface area is 184 Å². The second kappa shape index (κ2) is 7.90. The molecule has 0 fully saturated rings. The summed E-state index contributed by atoms with van der Waals surface area (Å²) >= 11 is 0. The van der Waals surface area contributed by atoms with Crippen LogP contribution in [0.5, 0.6) is 0 Å². The average Bonchev–Trinajstić information content (AvgIpc) is 2.98. The van der Waals surface area contributed by atoms with E-state index in [2.05, 4.69) is 15.4 Å². The van der Waals surface area contributed by atoms with E-state index in [1.54, 1.807) is 0 Å². The number of ketones is 1. The molecular weight excluding hydrogens is 486 g/mol. The number of nitrogens with two attached hydrogens (primary N) is 1. The molecule has 1 atom stereocenters. The number of anilines is 1. The largest absolute Gasteiger partial charge is 0.476 e. The Morgan fingerprint density at radius 2 is 1.58 bits per heavy atom. The molecule has 1 aliphatic heterocycles. The van der Waals surface area contributed by atoms with Gasteiger partial charge < -0.3 is 10.8 Å². The van der Waals surface area contributed by atoms with E-state index in [-0.39, 0.29) is 11.4 Å². The van der Waals surface area contributed by atoms with Crippen LogP contribution >= 0.6 is 0 Å². The fourth-order valence-corrected chi connectivity index (χ4v) is 3.80. The van der Waals surface area contributed by atoms with Crippen molar-refractivity contribution in [1.29, 1.82) is 0 Å². The molecule has 1 heterocycles. The number of Topliss-reactive ketones (excluding diaryl/α,β-unsaturated/α-hetero) is 1. The summed E-state index contributed by atoms with van der Waals surface area (Å²) in [5.41, 5.74) is 3.27. The molecule has 17 heteroatoms. The Hall–Kier alpha value is -3.90. The van der Waals surface area contributed by atoms with E-state index in [0.717, 1.165) is 36.4 Å². The zero-order valence-corrected chi connectivity index (χ0v) is 17.6. The number of carboxylic acid groups (broad SMARTS) is 1. The molecule has 1 amide bonds. The zero-order chi connectivity index (χ0) is 24.8. The van der Waals surface area contributed by atoms with Crippen LogP contribution in [0.1, 0.15) is 0 Å². The van der Waals surface area contributed by atoms with Crippen LogP contribution in [0, 0.1) is 0 Å². The molecule has 1 aliphatic rings. The minimum absolute atomic E-state index is 0.0788.